The Kier molecular flexibility index (Phi) is 2.43. The normalized spacial score (nSPS) is 18.7. The van der Waals surface area contributed by atoms with Gasteiger partial charge in [-0.15, -0.1) is 11.3 Å². The molecule has 4 rings (SSSR count). The molecule has 2 aromatic heterocycles. The summed E-state index contributed by atoms with van der Waals surface area (Å²) in [5, 5.41) is 4.69. The van der Waals surface area contributed by atoms with Crippen LogP contribution in [0, 0.1) is 6.92 Å². The van der Waals surface area contributed by atoms with Crippen LogP contribution >= 0.6 is 11.3 Å². The lowest BCUT2D eigenvalue weighted by Crippen LogP contribution is -2.28. The lowest BCUT2D eigenvalue weighted by molar-refractivity contribution is 0.488. The fourth-order valence-electron chi connectivity index (χ4n) is 2.55. The zero-order chi connectivity index (χ0) is 12.8. The number of hydrogen-bond donors (Lipinski definition) is 2. The molecule has 0 saturated carbocycles. The average molecular weight is 270 g/mol. The van der Waals surface area contributed by atoms with Crippen molar-refractivity contribution in [2.45, 2.75) is 25.9 Å². The molecule has 5 heteroatoms. The Hall–Kier alpha value is -1.72. The highest BCUT2D eigenvalue weighted by molar-refractivity contribution is 7.18. The van der Waals surface area contributed by atoms with Crippen molar-refractivity contribution in [3.8, 4) is 0 Å². The smallest absolute Gasteiger partial charge is 0.111 e. The van der Waals surface area contributed by atoms with E-state index in [0.717, 1.165) is 23.5 Å². The summed E-state index contributed by atoms with van der Waals surface area (Å²) >= 11 is 1.78. The molecule has 1 aromatic carbocycles. The second-order valence-corrected chi connectivity index (χ2v) is 6.05. The van der Waals surface area contributed by atoms with Crippen molar-refractivity contribution in [3.63, 3.8) is 0 Å². The van der Waals surface area contributed by atoms with Gasteiger partial charge in [-0.25, -0.2) is 9.97 Å². The molecule has 0 fully saturated rings. The summed E-state index contributed by atoms with van der Waals surface area (Å²) in [4.78, 5) is 12.3. The van der Waals surface area contributed by atoms with E-state index >= 15 is 0 Å². The van der Waals surface area contributed by atoms with E-state index in [9.17, 15) is 0 Å². The number of imidazole rings is 1. The van der Waals surface area contributed by atoms with E-state index in [1.807, 2.05) is 0 Å². The van der Waals surface area contributed by atoms with Crippen molar-refractivity contribution >= 4 is 21.6 Å². The van der Waals surface area contributed by atoms with Crippen LogP contribution in [0.15, 0.2) is 24.5 Å². The van der Waals surface area contributed by atoms with Crippen LogP contribution in [0.3, 0.4) is 0 Å². The summed E-state index contributed by atoms with van der Waals surface area (Å²) < 4.78 is 1.26. The van der Waals surface area contributed by atoms with Crippen molar-refractivity contribution < 1.29 is 0 Å². The third-order valence-corrected chi connectivity index (χ3v) is 4.74. The number of fused-ring (bicyclic) bond motifs is 2. The van der Waals surface area contributed by atoms with Crippen LogP contribution in [-0.4, -0.2) is 15.0 Å². The summed E-state index contributed by atoms with van der Waals surface area (Å²) in [6.45, 7) is 2.95. The molecule has 96 valence electrons. The molecular weight excluding hydrogens is 256 g/mol. The summed E-state index contributed by atoms with van der Waals surface area (Å²) in [7, 11) is 0. The molecule has 0 saturated heterocycles. The number of nitrogens with zero attached hydrogens (tertiary/aromatic N) is 2. The molecule has 2 N–H and O–H groups in total. The van der Waals surface area contributed by atoms with Crippen LogP contribution in [0.1, 0.15) is 28.0 Å². The molecule has 1 aliphatic heterocycles. The highest BCUT2D eigenvalue weighted by atomic mass is 32.1. The number of rotatable bonds is 1. The van der Waals surface area contributed by atoms with E-state index in [1.54, 1.807) is 17.7 Å². The molecule has 1 unspecified atom stereocenters. The van der Waals surface area contributed by atoms with E-state index in [1.165, 1.54) is 21.7 Å². The van der Waals surface area contributed by atoms with Gasteiger partial charge in [-0.1, -0.05) is 6.07 Å². The maximum atomic E-state index is 4.77. The number of nitrogens with one attached hydrogen (secondary N) is 2. The van der Waals surface area contributed by atoms with Crippen molar-refractivity contribution in [2.75, 3.05) is 0 Å². The SMILES string of the molecule is Cc1ccc2sc(C3Cc4nc[nH]c4CN3)nc2c1. The van der Waals surface area contributed by atoms with Gasteiger partial charge in [-0.2, -0.15) is 0 Å². The van der Waals surface area contributed by atoms with Gasteiger partial charge in [0.25, 0.3) is 0 Å². The van der Waals surface area contributed by atoms with Crippen molar-refractivity contribution in [1.82, 2.24) is 20.3 Å². The first kappa shape index (κ1) is 11.1. The molecule has 3 aromatic rings. The number of hydrogen-bond acceptors (Lipinski definition) is 4. The predicted octanol–water partition coefficient (Wildman–Crippen LogP) is 2.71. The number of aromatic nitrogens is 3. The molecule has 19 heavy (non-hydrogen) atoms. The molecule has 0 radical (unpaired) electrons. The first-order valence-electron chi connectivity index (χ1n) is 6.41. The van der Waals surface area contributed by atoms with Crippen LogP contribution in [0.25, 0.3) is 10.2 Å². The van der Waals surface area contributed by atoms with Crippen molar-refractivity contribution in [2.24, 2.45) is 0 Å². The quantitative estimate of drug-likeness (QED) is 0.715. The van der Waals surface area contributed by atoms with Gasteiger partial charge in [0, 0.05) is 13.0 Å². The molecule has 0 amide bonds. The van der Waals surface area contributed by atoms with Crippen LogP contribution < -0.4 is 5.32 Å². The van der Waals surface area contributed by atoms with E-state index < -0.39 is 0 Å². The molecule has 0 bridgehead atoms. The van der Waals surface area contributed by atoms with Gasteiger partial charge in [-0.05, 0) is 24.6 Å². The average Bonchev–Trinajstić information content (AvgIpc) is 3.02. The Morgan fingerprint density at radius 3 is 3.26 bits per heavy atom. The van der Waals surface area contributed by atoms with Gasteiger partial charge in [-0.3, -0.25) is 0 Å². The third kappa shape index (κ3) is 1.86. The van der Waals surface area contributed by atoms with Gasteiger partial charge in [0.05, 0.1) is 34.0 Å². The first-order valence-corrected chi connectivity index (χ1v) is 7.23. The van der Waals surface area contributed by atoms with Gasteiger partial charge in [0.1, 0.15) is 5.01 Å². The first-order chi connectivity index (χ1) is 9.29. The Bertz CT molecular complexity index is 743. The largest absolute Gasteiger partial charge is 0.347 e. The maximum absolute atomic E-state index is 4.77. The minimum absolute atomic E-state index is 0.286. The van der Waals surface area contributed by atoms with E-state index in [2.05, 4.69) is 40.4 Å². The molecule has 0 aliphatic carbocycles. The van der Waals surface area contributed by atoms with Gasteiger partial charge in [0.15, 0.2) is 0 Å². The Labute approximate surface area is 114 Å². The van der Waals surface area contributed by atoms with Crippen LogP contribution in [0.4, 0.5) is 0 Å². The van der Waals surface area contributed by atoms with E-state index in [4.69, 9.17) is 4.98 Å². The number of benzene rings is 1. The molecule has 1 atom stereocenters. The summed E-state index contributed by atoms with van der Waals surface area (Å²) in [6, 6.07) is 6.74. The monoisotopic (exact) mass is 270 g/mol. The second kappa shape index (κ2) is 4.15. The lowest BCUT2D eigenvalue weighted by Gasteiger charge is -2.20. The minimum Gasteiger partial charge on any atom is -0.347 e. The molecule has 1 aliphatic rings. The zero-order valence-corrected chi connectivity index (χ0v) is 11.4. The van der Waals surface area contributed by atoms with Crippen LogP contribution in [-0.2, 0) is 13.0 Å². The van der Waals surface area contributed by atoms with Gasteiger partial charge >= 0.3 is 0 Å². The topological polar surface area (TPSA) is 53.6 Å². The van der Waals surface area contributed by atoms with E-state index in [0.29, 0.717) is 0 Å². The highest BCUT2D eigenvalue weighted by Gasteiger charge is 2.23. The minimum atomic E-state index is 0.286. The number of aryl methyl sites for hydroxylation is 1. The highest BCUT2D eigenvalue weighted by Crippen LogP contribution is 2.30. The fraction of sp³-hybridized carbons (Fsp3) is 0.286. The van der Waals surface area contributed by atoms with Crippen LogP contribution in [0.5, 0.6) is 0 Å². The molecular formula is C14H14N4S. The van der Waals surface area contributed by atoms with Gasteiger partial charge < -0.3 is 10.3 Å². The van der Waals surface area contributed by atoms with Gasteiger partial charge in [0.2, 0.25) is 0 Å². The number of H-pyrrole nitrogens is 1. The summed E-state index contributed by atoms with van der Waals surface area (Å²) in [5.74, 6) is 0. The number of thiazole rings is 1. The zero-order valence-electron chi connectivity index (χ0n) is 10.6. The standard InChI is InChI=1S/C14H14N4S/c1-8-2-3-13-10(4-8)18-14(19-13)11-5-9-12(6-15-11)17-7-16-9/h2-4,7,11,15H,5-6H2,1H3,(H,16,17). The lowest BCUT2D eigenvalue weighted by atomic mass is 10.1. The van der Waals surface area contributed by atoms with Crippen molar-refractivity contribution in [3.05, 3.63) is 46.5 Å². The molecule has 4 nitrogen and oxygen atoms in total. The Morgan fingerprint density at radius 2 is 2.32 bits per heavy atom. The predicted molar refractivity (Wildman–Crippen MR) is 76.2 cm³/mol. The van der Waals surface area contributed by atoms with Crippen LogP contribution in [0.2, 0.25) is 0 Å². The van der Waals surface area contributed by atoms with Crippen molar-refractivity contribution in [1.29, 1.82) is 0 Å². The number of aromatic amines is 1. The Balaban J connectivity index is 1.71. The van der Waals surface area contributed by atoms with E-state index in [-0.39, 0.29) is 6.04 Å². The second-order valence-electron chi connectivity index (χ2n) is 4.99. The summed E-state index contributed by atoms with van der Waals surface area (Å²) in [6.07, 6.45) is 2.69. The Morgan fingerprint density at radius 1 is 1.37 bits per heavy atom. The third-order valence-electron chi connectivity index (χ3n) is 3.59. The molecule has 3 heterocycles. The fourth-order valence-corrected chi connectivity index (χ4v) is 3.57. The summed E-state index contributed by atoms with van der Waals surface area (Å²) in [5.41, 5.74) is 4.73. The maximum Gasteiger partial charge on any atom is 0.111 e. The molecule has 0 spiro atoms.